The zero-order valence-electron chi connectivity index (χ0n) is 11.9. The quantitative estimate of drug-likeness (QED) is 0.319. The smallest absolute Gasteiger partial charge is 0.344 e. The first kappa shape index (κ1) is 24.4. The molecule has 7 heteroatoms. The number of hydrogen-bond donors (Lipinski definition) is 2. The molecule has 5 nitrogen and oxygen atoms in total. The summed E-state index contributed by atoms with van der Waals surface area (Å²) in [6.45, 7) is 2.31. The van der Waals surface area contributed by atoms with Crippen LogP contribution in [0.4, 0.5) is 0 Å². The SMILES string of the molecule is CCCCCCCCCCCCOS(=O)(=O)O.N.[Fe]. The Bertz CT molecular complexity index is 260. The molecular weight excluding hydrogens is 310 g/mol. The summed E-state index contributed by atoms with van der Waals surface area (Å²) in [5.74, 6) is 0. The Balaban J connectivity index is -0.00000128. The van der Waals surface area contributed by atoms with Gasteiger partial charge in [0, 0.05) is 17.1 Å². The molecule has 0 bridgehead atoms. The summed E-state index contributed by atoms with van der Waals surface area (Å²) >= 11 is 0. The number of unbranched alkanes of at least 4 members (excludes halogenated alkanes) is 9. The Kier molecular flexibility index (Phi) is 21.0. The van der Waals surface area contributed by atoms with E-state index in [0.717, 1.165) is 12.8 Å². The maximum atomic E-state index is 10.2. The largest absolute Gasteiger partial charge is 0.397 e. The van der Waals surface area contributed by atoms with Crippen molar-refractivity contribution in [1.82, 2.24) is 6.15 Å². The van der Waals surface area contributed by atoms with Crippen LogP contribution in [0.3, 0.4) is 0 Å². The summed E-state index contributed by atoms with van der Waals surface area (Å²) in [5.41, 5.74) is 0. The molecule has 0 saturated heterocycles. The molecule has 0 heterocycles. The van der Waals surface area contributed by atoms with E-state index in [1.54, 1.807) is 0 Å². The van der Waals surface area contributed by atoms with Gasteiger partial charge in [-0.3, -0.25) is 4.55 Å². The van der Waals surface area contributed by atoms with E-state index in [4.69, 9.17) is 4.55 Å². The molecule has 0 saturated carbocycles. The predicted molar refractivity (Wildman–Crippen MR) is 74.4 cm³/mol. The molecule has 0 aromatic carbocycles. The van der Waals surface area contributed by atoms with Gasteiger partial charge in [-0.25, -0.2) is 4.18 Å². The van der Waals surface area contributed by atoms with Crippen LogP contribution in [0.5, 0.6) is 0 Å². The first-order chi connectivity index (χ1) is 8.06. The summed E-state index contributed by atoms with van der Waals surface area (Å²) in [7, 11) is -4.23. The van der Waals surface area contributed by atoms with Gasteiger partial charge in [0.15, 0.2) is 0 Å². The van der Waals surface area contributed by atoms with Gasteiger partial charge in [-0.1, -0.05) is 64.7 Å². The van der Waals surface area contributed by atoms with Gasteiger partial charge in [0.2, 0.25) is 0 Å². The van der Waals surface area contributed by atoms with Gasteiger partial charge >= 0.3 is 10.4 Å². The average Bonchev–Trinajstić information content (AvgIpc) is 2.24. The topological polar surface area (TPSA) is 98.6 Å². The molecule has 0 spiro atoms. The fraction of sp³-hybridized carbons (Fsp3) is 1.00. The zero-order valence-corrected chi connectivity index (χ0v) is 13.8. The van der Waals surface area contributed by atoms with Gasteiger partial charge in [-0.2, -0.15) is 8.42 Å². The molecule has 0 aliphatic heterocycles. The molecule has 120 valence electrons. The van der Waals surface area contributed by atoms with Crippen molar-refractivity contribution in [2.45, 2.75) is 71.1 Å². The molecule has 0 aliphatic rings. The van der Waals surface area contributed by atoms with E-state index in [1.165, 1.54) is 44.9 Å². The van der Waals surface area contributed by atoms with Crippen molar-refractivity contribution in [3.8, 4) is 0 Å². The number of hydrogen-bond acceptors (Lipinski definition) is 4. The minimum absolute atomic E-state index is 0. The minimum Gasteiger partial charge on any atom is -0.344 e. The molecule has 19 heavy (non-hydrogen) atoms. The molecule has 0 radical (unpaired) electrons. The van der Waals surface area contributed by atoms with E-state index in [1.807, 2.05) is 0 Å². The summed E-state index contributed by atoms with van der Waals surface area (Å²) in [6.07, 6.45) is 11.9. The third-order valence-electron chi connectivity index (χ3n) is 2.73. The Hall–Kier alpha value is 0.349. The second-order valence-corrected chi connectivity index (χ2v) is 5.52. The van der Waals surface area contributed by atoms with Crippen LogP contribution in [0, 0.1) is 0 Å². The molecule has 0 amide bonds. The Morgan fingerprint density at radius 3 is 1.58 bits per heavy atom. The molecule has 0 aromatic rings. The van der Waals surface area contributed by atoms with Crippen LogP contribution in [0.25, 0.3) is 0 Å². The Morgan fingerprint density at radius 1 is 0.842 bits per heavy atom. The third-order valence-corrected chi connectivity index (χ3v) is 3.19. The molecule has 0 unspecified atom stereocenters. The van der Waals surface area contributed by atoms with Crippen LogP contribution < -0.4 is 6.15 Å². The van der Waals surface area contributed by atoms with E-state index in [0.29, 0.717) is 6.42 Å². The molecule has 0 aliphatic carbocycles. The van der Waals surface area contributed by atoms with Crippen molar-refractivity contribution in [3.63, 3.8) is 0 Å². The monoisotopic (exact) mass is 339 g/mol. The van der Waals surface area contributed by atoms with Crippen LogP contribution in [-0.2, 0) is 31.7 Å². The van der Waals surface area contributed by atoms with E-state index >= 15 is 0 Å². The van der Waals surface area contributed by atoms with E-state index in [9.17, 15) is 8.42 Å². The molecule has 0 atom stereocenters. The third kappa shape index (κ3) is 23.8. The van der Waals surface area contributed by atoms with Crippen LogP contribution >= 0.6 is 0 Å². The van der Waals surface area contributed by atoms with Gasteiger partial charge in [-0.05, 0) is 6.42 Å². The zero-order chi connectivity index (χ0) is 13.0. The summed E-state index contributed by atoms with van der Waals surface area (Å²) in [5, 5.41) is 0. The molecule has 0 aromatic heterocycles. The maximum Gasteiger partial charge on any atom is 0.397 e. The van der Waals surface area contributed by atoms with Gasteiger partial charge in [0.05, 0.1) is 6.61 Å². The van der Waals surface area contributed by atoms with Gasteiger partial charge in [-0.15, -0.1) is 0 Å². The van der Waals surface area contributed by atoms with Crippen LogP contribution in [-0.4, -0.2) is 19.6 Å². The van der Waals surface area contributed by atoms with Crippen LogP contribution in [0.15, 0.2) is 0 Å². The summed E-state index contributed by atoms with van der Waals surface area (Å²) in [6, 6.07) is 0. The van der Waals surface area contributed by atoms with E-state index < -0.39 is 10.4 Å². The van der Waals surface area contributed by atoms with Crippen LogP contribution in [0.1, 0.15) is 71.1 Å². The average molecular weight is 339 g/mol. The number of rotatable bonds is 12. The minimum atomic E-state index is -4.23. The maximum absolute atomic E-state index is 10.2. The van der Waals surface area contributed by atoms with Crippen molar-refractivity contribution in [2.24, 2.45) is 0 Å². The van der Waals surface area contributed by atoms with Crippen molar-refractivity contribution in [3.05, 3.63) is 0 Å². The molecule has 0 fully saturated rings. The summed E-state index contributed by atoms with van der Waals surface area (Å²) in [4.78, 5) is 0. The summed E-state index contributed by atoms with van der Waals surface area (Å²) < 4.78 is 33.0. The standard InChI is InChI=1S/C12H26O4S.Fe.H3N/c1-2-3-4-5-6-7-8-9-10-11-12-16-17(13,14)15;;/h2-12H2,1H3,(H,13,14,15);;1H3. The Labute approximate surface area is 128 Å². The fourth-order valence-electron chi connectivity index (χ4n) is 1.75. The second kappa shape index (κ2) is 16.4. The predicted octanol–water partition coefficient (Wildman–Crippen LogP) is 3.89. The first-order valence-corrected chi connectivity index (χ1v) is 8.04. The first-order valence-electron chi connectivity index (χ1n) is 6.68. The second-order valence-electron chi connectivity index (χ2n) is 4.43. The van der Waals surface area contributed by atoms with Crippen molar-refractivity contribution < 1.29 is 34.2 Å². The van der Waals surface area contributed by atoms with Crippen LogP contribution in [0.2, 0.25) is 0 Å². The van der Waals surface area contributed by atoms with Crippen molar-refractivity contribution >= 4 is 10.4 Å². The van der Waals surface area contributed by atoms with Gasteiger partial charge < -0.3 is 6.15 Å². The molecule has 0 rings (SSSR count). The fourth-order valence-corrected chi connectivity index (χ4v) is 2.08. The molecular formula is C12H29FeNO4S. The Morgan fingerprint density at radius 2 is 1.21 bits per heavy atom. The van der Waals surface area contributed by atoms with E-state index in [2.05, 4.69) is 11.1 Å². The molecule has 4 N–H and O–H groups in total. The van der Waals surface area contributed by atoms with Gasteiger partial charge in [0.25, 0.3) is 0 Å². The van der Waals surface area contributed by atoms with Crippen molar-refractivity contribution in [2.75, 3.05) is 6.61 Å². The van der Waals surface area contributed by atoms with Crippen molar-refractivity contribution in [1.29, 1.82) is 0 Å². The van der Waals surface area contributed by atoms with E-state index in [-0.39, 0.29) is 29.8 Å². The van der Waals surface area contributed by atoms with Gasteiger partial charge in [0.1, 0.15) is 0 Å². The normalized spacial score (nSPS) is 10.6.